The molecule has 8 nitrogen and oxygen atoms in total. The van der Waals surface area contributed by atoms with Crippen molar-refractivity contribution >= 4 is 23.3 Å². The van der Waals surface area contributed by atoms with Crippen molar-refractivity contribution in [1.29, 1.82) is 0 Å². The molecule has 0 aliphatic rings. The second-order valence-corrected chi connectivity index (χ2v) is 6.88. The highest BCUT2D eigenvalue weighted by Gasteiger charge is 2.14. The van der Waals surface area contributed by atoms with E-state index in [1.54, 1.807) is 18.2 Å². The van der Waals surface area contributed by atoms with E-state index < -0.39 is 17.5 Å². The number of benzene rings is 2. The summed E-state index contributed by atoms with van der Waals surface area (Å²) in [5, 5.41) is 5.05. The van der Waals surface area contributed by atoms with Crippen molar-refractivity contribution in [1.82, 2.24) is 14.5 Å². The van der Waals surface area contributed by atoms with E-state index in [0.29, 0.717) is 0 Å². The first kappa shape index (κ1) is 21.6. The second kappa shape index (κ2) is 9.27. The number of anilines is 2. The summed E-state index contributed by atoms with van der Waals surface area (Å²) in [7, 11) is 0. The Morgan fingerprint density at radius 1 is 0.970 bits per heavy atom. The lowest BCUT2D eigenvalue weighted by molar-refractivity contribution is -0.114. The van der Waals surface area contributed by atoms with Gasteiger partial charge in [0.2, 0.25) is 5.91 Å². The molecule has 0 radical (unpaired) electrons. The molecule has 2 amide bonds. The summed E-state index contributed by atoms with van der Waals surface area (Å²) in [5.74, 6) is -1.63. The van der Waals surface area contributed by atoms with E-state index in [1.165, 1.54) is 60.5 Å². The minimum absolute atomic E-state index is 0.0290. The van der Waals surface area contributed by atoms with E-state index in [1.807, 2.05) is 0 Å². The SMILES string of the molecule is CC(=O)Nc1cc(Oc2ccc(NC(=O)c3cn(-c4ccccc4F)cn3)cc2F)ccn1. The number of nitrogens with one attached hydrogen (secondary N) is 2. The molecule has 0 bridgehead atoms. The van der Waals surface area contributed by atoms with Gasteiger partial charge in [-0.3, -0.25) is 9.59 Å². The smallest absolute Gasteiger partial charge is 0.275 e. The second-order valence-electron chi connectivity index (χ2n) is 6.88. The number of para-hydroxylation sites is 1. The molecule has 0 atom stereocenters. The van der Waals surface area contributed by atoms with Crippen LogP contribution in [-0.2, 0) is 4.79 Å². The van der Waals surface area contributed by atoms with Crippen molar-refractivity contribution in [2.24, 2.45) is 0 Å². The molecule has 2 aromatic heterocycles. The predicted molar refractivity (Wildman–Crippen MR) is 116 cm³/mol. The molecule has 2 N–H and O–H groups in total. The number of pyridine rings is 1. The fraction of sp³-hybridized carbons (Fsp3) is 0.0435. The molecule has 0 aliphatic heterocycles. The summed E-state index contributed by atoms with van der Waals surface area (Å²) >= 11 is 0. The van der Waals surface area contributed by atoms with E-state index in [-0.39, 0.29) is 40.3 Å². The number of carbonyl (C=O) groups excluding carboxylic acids is 2. The van der Waals surface area contributed by atoms with Gasteiger partial charge in [-0.15, -0.1) is 0 Å². The summed E-state index contributed by atoms with van der Waals surface area (Å²) < 4.78 is 35.4. The summed E-state index contributed by atoms with van der Waals surface area (Å²) in [6, 6.07) is 12.9. The van der Waals surface area contributed by atoms with Crippen molar-refractivity contribution in [2.75, 3.05) is 10.6 Å². The minimum atomic E-state index is -0.720. The zero-order valence-electron chi connectivity index (χ0n) is 17.3. The standard InChI is InChI=1S/C23H17F2N5O3/c1-14(31)28-22-11-16(8-9-26-22)33-21-7-6-15(10-18(21)25)29-23(32)19-12-30(13-27-19)20-5-3-2-4-17(20)24/h2-13H,1H3,(H,29,32)(H,26,28,31). The summed E-state index contributed by atoms with van der Waals surface area (Å²) in [6.45, 7) is 1.34. The average molecular weight is 449 g/mol. The van der Waals surface area contributed by atoms with Gasteiger partial charge in [0.1, 0.15) is 29.4 Å². The van der Waals surface area contributed by atoms with Crippen molar-refractivity contribution in [3.05, 3.63) is 90.6 Å². The molecular formula is C23H17F2N5O3. The number of rotatable bonds is 6. The highest BCUT2D eigenvalue weighted by atomic mass is 19.1. The molecule has 166 valence electrons. The van der Waals surface area contributed by atoms with Crippen LogP contribution in [0.1, 0.15) is 17.4 Å². The van der Waals surface area contributed by atoms with Gasteiger partial charge in [0.25, 0.3) is 5.91 Å². The molecule has 0 aliphatic carbocycles. The third-order valence-corrected chi connectivity index (χ3v) is 4.40. The highest BCUT2D eigenvalue weighted by Crippen LogP contribution is 2.28. The monoisotopic (exact) mass is 449 g/mol. The highest BCUT2D eigenvalue weighted by molar-refractivity contribution is 6.02. The lowest BCUT2D eigenvalue weighted by Gasteiger charge is -2.10. The molecule has 0 spiro atoms. The van der Waals surface area contributed by atoms with E-state index in [0.717, 1.165) is 6.07 Å². The van der Waals surface area contributed by atoms with Crippen LogP contribution in [0.2, 0.25) is 0 Å². The Morgan fingerprint density at radius 2 is 1.79 bits per heavy atom. The summed E-state index contributed by atoms with van der Waals surface area (Å²) in [5.41, 5.74) is 0.453. The van der Waals surface area contributed by atoms with Gasteiger partial charge in [-0.1, -0.05) is 12.1 Å². The van der Waals surface area contributed by atoms with Gasteiger partial charge in [0.05, 0.1) is 5.69 Å². The maximum absolute atomic E-state index is 14.5. The Morgan fingerprint density at radius 3 is 2.55 bits per heavy atom. The van der Waals surface area contributed by atoms with Gasteiger partial charge in [-0.25, -0.2) is 18.7 Å². The lowest BCUT2D eigenvalue weighted by atomic mass is 10.2. The Bertz CT molecular complexity index is 1340. The van der Waals surface area contributed by atoms with Crippen molar-refractivity contribution in [3.63, 3.8) is 0 Å². The first-order chi connectivity index (χ1) is 15.9. The first-order valence-corrected chi connectivity index (χ1v) is 9.70. The predicted octanol–water partition coefficient (Wildman–Crippen LogP) is 4.55. The van der Waals surface area contributed by atoms with Crippen LogP contribution in [0.3, 0.4) is 0 Å². The number of amides is 2. The molecule has 4 rings (SSSR count). The zero-order chi connectivity index (χ0) is 23.4. The quantitative estimate of drug-likeness (QED) is 0.450. The van der Waals surface area contributed by atoms with Crippen molar-refractivity contribution < 1.29 is 23.1 Å². The van der Waals surface area contributed by atoms with E-state index in [9.17, 15) is 18.4 Å². The minimum Gasteiger partial charge on any atom is -0.454 e. The third-order valence-electron chi connectivity index (χ3n) is 4.40. The number of nitrogens with zero attached hydrogens (tertiary/aromatic N) is 3. The number of imidazole rings is 1. The van der Waals surface area contributed by atoms with Crippen LogP contribution in [0.4, 0.5) is 20.3 Å². The summed E-state index contributed by atoms with van der Waals surface area (Å²) in [4.78, 5) is 31.6. The van der Waals surface area contributed by atoms with Crippen molar-refractivity contribution in [3.8, 4) is 17.2 Å². The van der Waals surface area contributed by atoms with E-state index in [4.69, 9.17) is 4.74 Å². The Kier molecular flexibility index (Phi) is 6.07. The molecule has 0 saturated carbocycles. The molecule has 10 heteroatoms. The normalized spacial score (nSPS) is 10.5. The van der Waals surface area contributed by atoms with Crippen LogP contribution >= 0.6 is 0 Å². The number of hydrogen-bond donors (Lipinski definition) is 2. The molecule has 0 fully saturated rings. The molecule has 4 aromatic rings. The van der Waals surface area contributed by atoms with E-state index >= 15 is 0 Å². The number of carbonyl (C=O) groups is 2. The van der Waals surface area contributed by atoms with Gasteiger partial charge in [0, 0.05) is 37.1 Å². The largest absolute Gasteiger partial charge is 0.454 e. The number of ether oxygens (including phenoxy) is 1. The topological polar surface area (TPSA) is 98.1 Å². The third kappa shape index (κ3) is 5.18. The van der Waals surface area contributed by atoms with Crippen LogP contribution in [-0.4, -0.2) is 26.3 Å². The fourth-order valence-corrected chi connectivity index (χ4v) is 2.94. The number of hydrogen-bond acceptors (Lipinski definition) is 5. The van der Waals surface area contributed by atoms with Crippen LogP contribution in [0.5, 0.6) is 11.5 Å². The zero-order valence-corrected chi connectivity index (χ0v) is 17.3. The maximum atomic E-state index is 14.5. The van der Waals surface area contributed by atoms with Crippen LogP contribution in [0.15, 0.2) is 73.3 Å². The number of aromatic nitrogens is 3. The van der Waals surface area contributed by atoms with Crippen LogP contribution in [0.25, 0.3) is 5.69 Å². The molecule has 0 unspecified atom stereocenters. The van der Waals surface area contributed by atoms with Crippen LogP contribution < -0.4 is 15.4 Å². The Labute approximate surface area is 186 Å². The maximum Gasteiger partial charge on any atom is 0.275 e. The molecule has 33 heavy (non-hydrogen) atoms. The van der Waals surface area contributed by atoms with Gasteiger partial charge in [-0.05, 0) is 30.3 Å². The number of halogens is 2. The van der Waals surface area contributed by atoms with Crippen molar-refractivity contribution in [2.45, 2.75) is 6.92 Å². The molecule has 2 aromatic carbocycles. The summed E-state index contributed by atoms with van der Waals surface area (Å²) in [6.07, 6.45) is 4.10. The van der Waals surface area contributed by atoms with Gasteiger partial charge >= 0.3 is 0 Å². The fourth-order valence-electron chi connectivity index (χ4n) is 2.94. The Hall–Kier alpha value is -4.60. The Balaban J connectivity index is 1.45. The van der Waals surface area contributed by atoms with E-state index in [2.05, 4.69) is 20.6 Å². The molecular weight excluding hydrogens is 432 g/mol. The van der Waals surface area contributed by atoms with Gasteiger partial charge < -0.3 is 19.9 Å². The first-order valence-electron chi connectivity index (χ1n) is 9.70. The lowest BCUT2D eigenvalue weighted by Crippen LogP contribution is -2.12. The average Bonchev–Trinajstić information content (AvgIpc) is 3.26. The van der Waals surface area contributed by atoms with Gasteiger partial charge in [0.15, 0.2) is 11.6 Å². The van der Waals surface area contributed by atoms with Gasteiger partial charge in [-0.2, -0.15) is 0 Å². The molecule has 0 saturated heterocycles. The van der Waals surface area contributed by atoms with Crippen LogP contribution in [0, 0.1) is 11.6 Å². The molecule has 2 heterocycles.